The quantitative estimate of drug-likeness (QED) is 0.399. The van der Waals surface area contributed by atoms with Crippen molar-refractivity contribution >= 4 is 0 Å². The van der Waals surface area contributed by atoms with E-state index < -0.39 is 6.29 Å². The summed E-state index contributed by atoms with van der Waals surface area (Å²) in [7, 11) is 3.09. The predicted octanol–water partition coefficient (Wildman–Crippen LogP) is 2.08. The Morgan fingerprint density at radius 2 is 1.81 bits per heavy atom. The predicted molar refractivity (Wildman–Crippen MR) is 59.7 cm³/mol. The van der Waals surface area contributed by atoms with E-state index in [1.54, 1.807) is 14.2 Å². The third-order valence-electron chi connectivity index (χ3n) is 3.43. The first-order valence-corrected chi connectivity index (χ1v) is 5.86. The SMILES string of the molecule is COC(OC)C(C[N+](=O)[O-])C1CCCCC1. The van der Waals surface area contributed by atoms with Gasteiger partial charge in [0.05, 0.1) is 5.92 Å². The molecular formula is C11H21NO4. The fourth-order valence-electron chi connectivity index (χ4n) is 2.64. The number of methoxy groups -OCH3 is 2. The second kappa shape index (κ2) is 6.81. The van der Waals surface area contributed by atoms with Crippen molar-refractivity contribution in [3.63, 3.8) is 0 Å². The minimum atomic E-state index is -0.450. The van der Waals surface area contributed by atoms with Crippen molar-refractivity contribution in [2.24, 2.45) is 11.8 Å². The highest BCUT2D eigenvalue weighted by Crippen LogP contribution is 2.32. The van der Waals surface area contributed by atoms with Gasteiger partial charge in [0.15, 0.2) is 6.29 Å². The number of rotatable bonds is 6. The van der Waals surface area contributed by atoms with Crippen LogP contribution in [0.2, 0.25) is 0 Å². The van der Waals surface area contributed by atoms with Crippen LogP contribution in [0.25, 0.3) is 0 Å². The monoisotopic (exact) mass is 231 g/mol. The summed E-state index contributed by atoms with van der Waals surface area (Å²) in [5.41, 5.74) is 0. The molecule has 0 aromatic heterocycles. The molecule has 5 nitrogen and oxygen atoms in total. The highest BCUT2D eigenvalue weighted by atomic mass is 16.7. The maximum atomic E-state index is 10.7. The Kier molecular flexibility index (Phi) is 5.69. The molecule has 1 rings (SSSR count). The topological polar surface area (TPSA) is 61.6 Å². The maximum absolute atomic E-state index is 10.7. The van der Waals surface area contributed by atoms with Gasteiger partial charge in [-0.2, -0.15) is 0 Å². The largest absolute Gasteiger partial charge is 0.355 e. The van der Waals surface area contributed by atoms with E-state index in [0.29, 0.717) is 5.92 Å². The molecule has 0 aromatic rings. The second-order valence-electron chi connectivity index (χ2n) is 4.42. The molecule has 5 heteroatoms. The van der Waals surface area contributed by atoms with Gasteiger partial charge in [-0.15, -0.1) is 0 Å². The first kappa shape index (κ1) is 13.4. The molecule has 0 bridgehead atoms. The molecule has 0 saturated heterocycles. The third kappa shape index (κ3) is 3.72. The van der Waals surface area contributed by atoms with Crippen molar-refractivity contribution in [1.29, 1.82) is 0 Å². The molecule has 1 fully saturated rings. The van der Waals surface area contributed by atoms with E-state index >= 15 is 0 Å². The summed E-state index contributed by atoms with van der Waals surface area (Å²) in [5, 5.41) is 10.7. The lowest BCUT2D eigenvalue weighted by Gasteiger charge is -2.31. The lowest BCUT2D eigenvalue weighted by molar-refractivity contribution is -0.496. The normalized spacial score (nSPS) is 19.9. The van der Waals surface area contributed by atoms with Crippen molar-refractivity contribution in [2.45, 2.75) is 38.4 Å². The van der Waals surface area contributed by atoms with Gasteiger partial charge in [-0.1, -0.05) is 19.3 Å². The second-order valence-corrected chi connectivity index (χ2v) is 4.42. The summed E-state index contributed by atoms with van der Waals surface area (Å²) in [6, 6.07) is 0. The highest BCUT2D eigenvalue weighted by molar-refractivity contribution is 4.76. The Balaban J connectivity index is 2.63. The highest BCUT2D eigenvalue weighted by Gasteiger charge is 2.34. The van der Waals surface area contributed by atoms with Crippen LogP contribution in [-0.2, 0) is 9.47 Å². The molecule has 1 saturated carbocycles. The molecular weight excluding hydrogens is 210 g/mol. The number of hydrogen-bond donors (Lipinski definition) is 0. The van der Waals surface area contributed by atoms with Crippen LogP contribution in [-0.4, -0.2) is 32.0 Å². The minimum absolute atomic E-state index is 0.0585. The fourth-order valence-corrected chi connectivity index (χ4v) is 2.64. The van der Waals surface area contributed by atoms with E-state index in [9.17, 15) is 10.1 Å². The average Bonchev–Trinajstić information content (AvgIpc) is 2.30. The molecule has 94 valence electrons. The maximum Gasteiger partial charge on any atom is 0.211 e. The van der Waals surface area contributed by atoms with Crippen LogP contribution >= 0.6 is 0 Å². The molecule has 1 aliphatic rings. The zero-order valence-electron chi connectivity index (χ0n) is 10.1. The fraction of sp³-hybridized carbons (Fsp3) is 1.00. The number of nitro groups is 1. The van der Waals surface area contributed by atoms with Crippen LogP contribution in [0.3, 0.4) is 0 Å². The van der Waals surface area contributed by atoms with Crippen LogP contribution in [0.5, 0.6) is 0 Å². The summed E-state index contributed by atoms with van der Waals surface area (Å²) in [6.07, 6.45) is 5.24. The van der Waals surface area contributed by atoms with Crippen LogP contribution in [0.4, 0.5) is 0 Å². The first-order valence-electron chi connectivity index (χ1n) is 5.86. The smallest absolute Gasteiger partial charge is 0.211 e. The average molecular weight is 231 g/mol. The van der Waals surface area contributed by atoms with Gasteiger partial charge in [0, 0.05) is 19.1 Å². The molecule has 1 atom stereocenters. The van der Waals surface area contributed by atoms with Crippen LogP contribution < -0.4 is 0 Å². The van der Waals surface area contributed by atoms with Gasteiger partial charge in [0.1, 0.15) is 0 Å². The van der Waals surface area contributed by atoms with Crippen molar-refractivity contribution in [2.75, 3.05) is 20.8 Å². The van der Waals surface area contributed by atoms with Crippen molar-refractivity contribution in [3.05, 3.63) is 10.1 Å². The van der Waals surface area contributed by atoms with Gasteiger partial charge in [0.2, 0.25) is 6.54 Å². The van der Waals surface area contributed by atoms with Gasteiger partial charge in [-0.25, -0.2) is 0 Å². The van der Waals surface area contributed by atoms with E-state index in [1.165, 1.54) is 19.3 Å². The van der Waals surface area contributed by atoms with Gasteiger partial charge in [-0.3, -0.25) is 10.1 Å². The van der Waals surface area contributed by atoms with Crippen molar-refractivity contribution < 1.29 is 14.4 Å². The van der Waals surface area contributed by atoms with E-state index in [0.717, 1.165) is 12.8 Å². The molecule has 16 heavy (non-hydrogen) atoms. The Morgan fingerprint density at radius 3 is 2.25 bits per heavy atom. The molecule has 0 spiro atoms. The van der Waals surface area contributed by atoms with E-state index in [2.05, 4.69) is 0 Å². The van der Waals surface area contributed by atoms with E-state index in [-0.39, 0.29) is 17.4 Å². The molecule has 0 amide bonds. The Bertz CT molecular complexity index is 212. The summed E-state index contributed by atoms with van der Waals surface area (Å²) in [6.45, 7) is -0.0585. The third-order valence-corrected chi connectivity index (χ3v) is 3.43. The number of hydrogen-bond acceptors (Lipinski definition) is 4. The Morgan fingerprint density at radius 1 is 1.25 bits per heavy atom. The summed E-state index contributed by atoms with van der Waals surface area (Å²) in [5.74, 6) is 0.245. The van der Waals surface area contributed by atoms with Crippen molar-refractivity contribution in [1.82, 2.24) is 0 Å². The first-order chi connectivity index (χ1) is 7.69. The Labute approximate surface area is 96.3 Å². The molecule has 1 unspecified atom stereocenters. The standard InChI is InChI=1S/C11H21NO4/c1-15-11(16-2)10(8-12(13)14)9-6-4-3-5-7-9/h9-11H,3-8H2,1-2H3. The van der Waals surface area contributed by atoms with Gasteiger partial charge >= 0.3 is 0 Å². The molecule has 0 heterocycles. The van der Waals surface area contributed by atoms with E-state index in [4.69, 9.17) is 9.47 Å². The molecule has 0 radical (unpaired) electrons. The van der Waals surface area contributed by atoms with E-state index in [1.807, 2.05) is 0 Å². The zero-order chi connectivity index (χ0) is 12.0. The molecule has 0 N–H and O–H groups in total. The Hall–Kier alpha value is -0.680. The summed E-state index contributed by atoms with van der Waals surface area (Å²) < 4.78 is 10.4. The van der Waals surface area contributed by atoms with Crippen LogP contribution in [0, 0.1) is 22.0 Å². The molecule has 1 aliphatic carbocycles. The van der Waals surface area contributed by atoms with Gasteiger partial charge < -0.3 is 9.47 Å². The summed E-state index contributed by atoms with van der Waals surface area (Å²) in [4.78, 5) is 10.4. The number of nitrogens with zero attached hydrogens (tertiary/aromatic N) is 1. The minimum Gasteiger partial charge on any atom is -0.355 e. The zero-order valence-corrected chi connectivity index (χ0v) is 10.1. The molecule has 0 aliphatic heterocycles. The van der Waals surface area contributed by atoms with Crippen LogP contribution in [0.1, 0.15) is 32.1 Å². The molecule has 0 aromatic carbocycles. The lowest BCUT2D eigenvalue weighted by Crippen LogP contribution is -2.37. The van der Waals surface area contributed by atoms with Crippen molar-refractivity contribution in [3.8, 4) is 0 Å². The van der Waals surface area contributed by atoms with Gasteiger partial charge in [0.25, 0.3) is 0 Å². The van der Waals surface area contributed by atoms with Gasteiger partial charge in [-0.05, 0) is 18.8 Å². The summed E-state index contributed by atoms with van der Waals surface area (Å²) >= 11 is 0. The number of ether oxygens (including phenoxy) is 2. The lowest BCUT2D eigenvalue weighted by atomic mass is 9.79. The van der Waals surface area contributed by atoms with Crippen LogP contribution in [0.15, 0.2) is 0 Å².